The van der Waals surface area contributed by atoms with Gasteiger partial charge in [-0.25, -0.2) is 0 Å². The first kappa shape index (κ1) is 36.0. The topological polar surface area (TPSA) is 41.1 Å². The van der Waals surface area contributed by atoms with Gasteiger partial charge in [0, 0.05) is 33.8 Å². The van der Waals surface area contributed by atoms with Crippen LogP contribution in [-0.4, -0.2) is 16.5 Å². The highest BCUT2D eigenvalue weighted by Gasteiger charge is 2.14. The molecule has 1 N–H and O–H groups in total. The second-order valence-electron chi connectivity index (χ2n) is 15.5. The molecular formula is C58H39N3. The van der Waals surface area contributed by atoms with Crippen LogP contribution in [0.2, 0.25) is 0 Å². The lowest BCUT2D eigenvalue weighted by Gasteiger charge is -2.12. The lowest BCUT2D eigenvalue weighted by atomic mass is 9.94. The van der Waals surface area contributed by atoms with Crippen LogP contribution in [-0.2, 0) is 0 Å². The van der Waals surface area contributed by atoms with Crippen molar-refractivity contribution in [1.82, 2.24) is 4.57 Å². The minimum absolute atomic E-state index is 0.393. The highest BCUT2D eigenvalue weighted by atomic mass is 15.0. The van der Waals surface area contributed by atoms with Gasteiger partial charge in [0.15, 0.2) is 0 Å². The molecule has 10 aromatic carbocycles. The van der Waals surface area contributed by atoms with Gasteiger partial charge in [-0.15, -0.1) is 0 Å². The van der Waals surface area contributed by atoms with Crippen LogP contribution in [0.3, 0.4) is 0 Å². The standard InChI is InChI=1S/C58H39N3/c59-55(43-27-23-40(24-28-43)39-13-3-1-4-14-39)37-56(60-38-54-49-20-10-8-16-46(49)36-52-48-19-9-7-15-42(48)31-33-50(52)54)44-29-25-41(26-30-44)45-32-34-58-53(35-45)51-21-11-12-22-57(51)61(58)47-17-5-2-6-18-47/h1-38,59H/b56-37-,59-55?,60-38?. The molecule has 61 heavy (non-hydrogen) atoms. The Morgan fingerprint density at radius 2 is 0.967 bits per heavy atom. The van der Waals surface area contributed by atoms with Crippen molar-refractivity contribution in [2.24, 2.45) is 4.99 Å². The molecule has 0 unspecified atom stereocenters. The van der Waals surface area contributed by atoms with Crippen LogP contribution in [0.1, 0.15) is 16.7 Å². The third-order valence-corrected chi connectivity index (χ3v) is 11.9. The third kappa shape index (κ3) is 6.59. The Kier molecular flexibility index (Phi) is 8.98. The molecule has 3 nitrogen and oxygen atoms in total. The molecule has 0 spiro atoms. The van der Waals surface area contributed by atoms with Gasteiger partial charge in [0.25, 0.3) is 0 Å². The average Bonchev–Trinajstić information content (AvgIpc) is 3.66. The lowest BCUT2D eigenvalue weighted by molar-refractivity contribution is 1.18. The second kappa shape index (κ2) is 15.2. The number of aliphatic imine (C=N–C) groups is 1. The SMILES string of the molecule is N=C(/C=C(\N=Cc1c2ccccc2cc2c1ccc1ccccc12)c1ccc(-c2ccc3c(c2)c2ccccc2n3-c2ccccc2)cc1)c1ccc(-c2ccccc2)cc1. The predicted molar refractivity (Wildman–Crippen MR) is 259 cm³/mol. The molecule has 0 atom stereocenters. The predicted octanol–water partition coefficient (Wildman–Crippen LogP) is 15.1. The first-order chi connectivity index (χ1) is 30.2. The Hall–Kier alpha value is -8.14. The zero-order valence-electron chi connectivity index (χ0n) is 33.3. The average molecular weight is 778 g/mol. The van der Waals surface area contributed by atoms with E-state index in [1.807, 2.05) is 42.6 Å². The van der Waals surface area contributed by atoms with E-state index in [4.69, 9.17) is 4.99 Å². The summed E-state index contributed by atoms with van der Waals surface area (Å²) in [6.45, 7) is 0. The molecular weight excluding hydrogens is 739 g/mol. The zero-order valence-corrected chi connectivity index (χ0v) is 33.3. The lowest BCUT2D eigenvalue weighted by Crippen LogP contribution is -1.97. The fraction of sp³-hybridized carbons (Fsp3) is 0. The van der Waals surface area contributed by atoms with E-state index in [9.17, 15) is 5.41 Å². The molecule has 0 fully saturated rings. The number of nitrogens with zero attached hydrogens (tertiary/aromatic N) is 2. The molecule has 0 saturated carbocycles. The maximum absolute atomic E-state index is 9.35. The van der Waals surface area contributed by atoms with Crippen molar-refractivity contribution in [3.05, 3.63) is 241 Å². The highest BCUT2D eigenvalue weighted by molar-refractivity contribution is 6.21. The normalized spacial score (nSPS) is 12.0. The molecule has 1 heterocycles. The van der Waals surface area contributed by atoms with E-state index < -0.39 is 0 Å². The van der Waals surface area contributed by atoms with Crippen LogP contribution in [0.4, 0.5) is 0 Å². The molecule has 0 aliphatic heterocycles. The Balaban J connectivity index is 1.01. The quantitative estimate of drug-likeness (QED) is 0.0907. The van der Waals surface area contributed by atoms with E-state index in [-0.39, 0.29) is 0 Å². The summed E-state index contributed by atoms with van der Waals surface area (Å²) in [5, 5.41) is 18.9. The van der Waals surface area contributed by atoms with Gasteiger partial charge in [-0.05, 0) is 103 Å². The van der Waals surface area contributed by atoms with Crippen LogP contribution in [0.25, 0.3) is 87.8 Å². The summed E-state index contributed by atoms with van der Waals surface area (Å²) in [5.41, 5.74) is 12.0. The number of rotatable bonds is 8. The van der Waals surface area contributed by atoms with E-state index in [1.54, 1.807) is 0 Å². The fourth-order valence-corrected chi connectivity index (χ4v) is 8.86. The molecule has 11 rings (SSSR count). The van der Waals surface area contributed by atoms with Crippen molar-refractivity contribution < 1.29 is 0 Å². The number of fused-ring (bicyclic) bond motifs is 7. The van der Waals surface area contributed by atoms with Crippen molar-refractivity contribution in [2.45, 2.75) is 0 Å². The van der Waals surface area contributed by atoms with Crippen LogP contribution in [0, 0.1) is 5.41 Å². The number of allylic oxidation sites excluding steroid dienone is 1. The van der Waals surface area contributed by atoms with Crippen molar-refractivity contribution in [1.29, 1.82) is 5.41 Å². The number of nitrogens with one attached hydrogen (secondary N) is 1. The van der Waals surface area contributed by atoms with Crippen molar-refractivity contribution in [2.75, 3.05) is 0 Å². The summed E-state index contributed by atoms with van der Waals surface area (Å²) in [5.74, 6) is 0. The van der Waals surface area contributed by atoms with Crippen LogP contribution >= 0.6 is 0 Å². The Morgan fingerprint density at radius 3 is 1.74 bits per heavy atom. The number of aromatic nitrogens is 1. The Morgan fingerprint density at radius 1 is 0.393 bits per heavy atom. The molecule has 286 valence electrons. The summed E-state index contributed by atoms with van der Waals surface area (Å²) in [6.07, 6.45) is 3.90. The number of para-hydroxylation sites is 2. The van der Waals surface area contributed by atoms with Crippen molar-refractivity contribution >= 4 is 71.7 Å². The van der Waals surface area contributed by atoms with E-state index >= 15 is 0 Å². The molecule has 0 aliphatic rings. The summed E-state index contributed by atoms with van der Waals surface area (Å²) in [6, 6.07) is 77.0. The van der Waals surface area contributed by atoms with Gasteiger partial charge in [0.1, 0.15) is 0 Å². The van der Waals surface area contributed by atoms with E-state index in [2.05, 4.69) is 193 Å². The number of hydrogen-bond donors (Lipinski definition) is 1. The largest absolute Gasteiger partial charge is 0.309 e. The molecule has 0 saturated heterocycles. The van der Waals surface area contributed by atoms with Gasteiger partial charge in [-0.1, -0.05) is 182 Å². The highest BCUT2D eigenvalue weighted by Crippen LogP contribution is 2.36. The molecule has 3 heteroatoms. The summed E-state index contributed by atoms with van der Waals surface area (Å²) in [4.78, 5) is 5.28. The van der Waals surface area contributed by atoms with Crippen molar-refractivity contribution in [3.8, 4) is 27.9 Å². The number of hydrogen-bond acceptors (Lipinski definition) is 2. The van der Waals surface area contributed by atoms with Crippen LogP contribution in [0.15, 0.2) is 229 Å². The van der Waals surface area contributed by atoms with Crippen molar-refractivity contribution in [3.63, 3.8) is 0 Å². The minimum Gasteiger partial charge on any atom is -0.309 e. The van der Waals surface area contributed by atoms with Gasteiger partial charge in [0.2, 0.25) is 0 Å². The smallest absolute Gasteiger partial charge is 0.0723 e. The summed E-state index contributed by atoms with van der Waals surface area (Å²) in [7, 11) is 0. The maximum atomic E-state index is 9.35. The summed E-state index contributed by atoms with van der Waals surface area (Å²) < 4.78 is 2.35. The molecule has 0 radical (unpaired) electrons. The fourth-order valence-electron chi connectivity index (χ4n) is 8.86. The molecule has 0 bridgehead atoms. The maximum Gasteiger partial charge on any atom is 0.0723 e. The van der Waals surface area contributed by atoms with Gasteiger partial charge in [-0.2, -0.15) is 0 Å². The van der Waals surface area contributed by atoms with Gasteiger partial charge >= 0.3 is 0 Å². The molecule has 1 aromatic heterocycles. The van der Waals surface area contributed by atoms with Gasteiger partial charge in [-0.3, -0.25) is 4.99 Å². The Labute approximate surface area is 354 Å². The minimum atomic E-state index is 0.393. The molecule has 11 aromatic rings. The van der Waals surface area contributed by atoms with Gasteiger partial charge in [0.05, 0.1) is 22.4 Å². The van der Waals surface area contributed by atoms with E-state index in [1.165, 1.54) is 38.0 Å². The number of benzene rings is 10. The van der Waals surface area contributed by atoms with E-state index in [0.29, 0.717) is 11.4 Å². The third-order valence-electron chi connectivity index (χ3n) is 11.9. The Bertz CT molecular complexity index is 3500. The van der Waals surface area contributed by atoms with E-state index in [0.717, 1.165) is 60.8 Å². The molecule has 0 aliphatic carbocycles. The first-order valence-corrected chi connectivity index (χ1v) is 20.7. The molecule has 0 amide bonds. The zero-order chi connectivity index (χ0) is 40.7. The summed E-state index contributed by atoms with van der Waals surface area (Å²) >= 11 is 0. The second-order valence-corrected chi connectivity index (χ2v) is 15.5. The first-order valence-electron chi connectivity index (χ1n) is 20.7. The van der Waals surface area contributed by atoms with Crippen LogP contribution < -0.4 is 0 Å². The van der Waals surface area contributed by atoms with Crippen LogP contribution in [0.5, 0.6) is 0 Å². The van der Waals surface area contributed by atoms with Gasteiger partial charge < -0.3 is 9.98 Å². The monoisotopic (exact) mass is 777 g/mol.